The zero-order valence-electron chi connectivity index (χ0n) is 9.00. The Balaban J connectivity index is 2.10. The van der Waals surface area contributed by atoms with Gasteiger partial charge in [0.05, 0.1) is 0 Å². The number of carbonyl (C=O) groups excluding carboxylic acids is 2. The van der Waals surface area contributed by atoms with Crippen LogP contribution in [0.4, 0.5) is 8.78 Å². The van der Waals surface area contributed by atoms with Crippen LogP contribution in [-0.2, 0) is 16.0 Å². The molecule has 0 saturated carbocycles. The number of nitrogens with one attached hydrogen (secondary N) is 1. The van der Waals surface area contributed by atoms with E-state index >= 15 is 0 Å². The van der Waals surface area contributed by atoms with Crippen LogP contribution >= 0.6 is 0 Å². The molecular weight excluding hydrogens is 228 g/mol. The van der Waals surface area contributed by atoms with Crippen LogP contribution in [-0.4, -0.2) is 11.8 Å². The van der Waals surface area contributed by atoms with Gasteiger partial charge >= 0.3 is 0 Å². The van der Waals surface area contributed by atoms with E-state index in [1.165, 1.54) is 12.1 Å². The number of carbonyl (C=O) groups is 2. The monoisotopic (exact) mass is 239 g/mol. The second-order valence-corrected chi connectivity index (χ2v) is 4.13. The summed E-state index contributed by atoms with van der Waals surface area (Å²) in [6, 6.07) is 3.19. The Morgan fingerprint density at radius 3 is 2.41 bits per heavy atom. The summed E-state index contributed by atoms with van der Waals surface area (Å²) in [5.41, 5.74) is 0.428. The number of benzene rings is 1. The molecule has 1 unspecified atom stereocenters. The van der Waals surface area contributed by atoms with Crippen molar-refractivity contribution in [3.8, 4) is 0 Å². The lowest BCUT2D eigenvalue weighted by molar-refractivity contribution is -0.136. The van der Waals surface area contributed by atoms with Gasteiger partial charge in [0.15, 0.2) is 0 Å². The molecule has 1 fully saturated rings. The van der Waals surface area contributed by atoms with Crippen molar-refractivity contribution in [3.63, 3.8) is 0 Å². The van der Waals surface area contributed by atoms with E-state index in [1.807, 2.05) is 0 Å². The first-order valence-electron chi connectivity index (χ1n) is 5.33. The minimum atomic E-state index is -0.660. The third-order valence-electron chi connectivity index (χ3n) is 2.76. The van der Waals surface area contributed by atoms with E-state index in [1.54, 1.807) is 0 Å². The first-order chi connectivity index (χ1) is 8.04. The lowest BCUT2D eigenvalue weighted by Gasteiger charge is -2.20. The number of imide groups is 1. The van der Waals surface area contributed by atoms with Gasteiger partial charge in [0.1, 0.15) is 11.6 Å². The molecule has 2 amide bonds. The summed E-state index contributed by atoms with van der Waals surface area (Å²) in [4.78, 5) is 22.4. The van der Waals surface area contributed by atoms with Gasteiger partial charge in [0.2, 0.25) is 11.8 Å². The summed E-state index contributed by atoms with van der Waals surface area (Å²) in [6.07, 6.45) is 0.935. The number of piperidine rings is 1. The normalized spacial score (nSPS) is 20.2. The van der Waals surface area contributed by atoms with Gasteiger partial charge in [-0.2, -0.15) is 0 Å². The van der Waals surface area contributed by atoms with Crippen LogP contribution in [0.5, 0.6) is 0 Å². The molecule has 0 radical (unpaired) electrons. The molecule has 1 atom stereocenters. The van der Waals surface area contributed by atoms with Gasteiger partial charge in [-0.15, -0.1) is 0 Å². The standard InChI is InChI=1S/C12H11F2NO2/c13-9-4-7(5-10(14)6-9)3-8-1-2-11(16)15-12(8)17/h4-6,8H,1-3H2,(H,15,16,17). The Morgan fingerprint density at radius 1 is 1.18 bits per heavy atom. The molecule has 1 heterocycles. The molecule has 0 bridgehead atoms. The Kier molecular flexibility index (Phi) is 3.17. The van der Waals surface area contributed by atoms with E-state index in [9.17, 15) is 18.4 Å². The highest BCUT2D eigenvalue weighted by atomic mass is 19.1. The van der Waals surface area contributed by atoms with Crippen molar-refractivity contribution in [2.24, 2.45) is 5.92 Å². The Hall–Kier alpha value is -1.78. The minimum absolute atomic E-state index is 0.244. The van der Waals surface area contributed by atoms with Gasteiger partial charge in [-0.25, -0.2) is 8.78 Å². The molecule has 0 aromatic heterocycles. The van der Waals surface area contributed by atoms with Gasteiger partial charge in [0, 0.05) is 18.4 Å². The van der Waals surface area contributed by atoms with E-state index in [0.29, 0.717) is 12.0 Å². The molecule has 3 nitrogen and oxygen atoms in total. The topological polar surface area (TPSA) is 46.2 Å². The third-order valence-corrected chi connectivity index (χ3v) is 2.76. The molecule has 1 saturated heterocycles. The highest BCUT2D eigenvalue weighted by Crippen LogP contribution is 2.19. The molecule has 1 N–H and O–H groups in total. The number of halogens is 2. The summed E-state index contributed by atoms with van der Waals surface area (Å²) < 4.78 is 25.9. The second-order valence-electron chi connectivity index (χ2n) is 4.13. The SMILES string of the molecule is O=C1CCC(Cc2cc(F)cc(F)c2)C(=O)N1. The van der Waals surface area contributed by atoms with Crippen LogP contribution < -0.4 is 5.32 Å². The molecule has 1 aliphatic heterocycles. The summed E-state index contributed by atoms with van der Waals surface area (Å²) in [6.45, 7) is 0. The summed E-state index contributed by atoms with van der Waals surface area (Å²) in [5.74, 6) is -2.38. The van der Waals surface area contributed by atoms with Gasteiger partial charge in [0.25, 0.3) is 0 Å². The minimum Gasteiger partial charge on any atom is -0.296 e. The van der Waals surface area contributed by atoms with Crippen molar-refractivity contribution in [3.05, 3.63) is 35.4 Å². The maximum atomic E-state index is 12.9. The Bertz CT molecular complexity index is 453. The average molecular weight is 239 g/mol. The maximum absolute atomic E-state index is 12.9. The predicted molar refractivity (Wildman–Crippen MR) is 55.9 cm³/mol. The van der Waals surface area contributed by atoms with Crippen molar-refractivity contribution in [1.29, 1.82) is 0 Å². The molecule has 1 aromatic carbocycles. The molecule has 0 aliphatic carbocycles. The van der Waals surface area contributed by atoms with Crippen molar-refractivity contribution in [1.82, 2.24) is 5.32 Å². The number of rotatable bonds is 2. The molecular formula is C12H11F2NO2. The molecule has 1 aliphatic rings. The fourth-order valence-corrected chi connectivity index (χ4v) is 1.95. The molecule has 90 valence electrons. The van der Waals surface area contributed by atoms with Crippen molar-refractivity contribution >= 4 is 11.8 Å². The Labute approximate surface area is 96.8 Å². The van der Waals surface area contributed by atoms with Crippen LogP contribution in [0.25, 0.3) is 0 Å². The third kappa shape index (κ3) is 2.87. The van der Waals surface area contributed by atoms with Crippen LogP contribution in [0, 0.1) is 17.6 Å². The lowest BCUT2D eigenvalue weighted by Crippen LogP contribution is -2.41. The van der Waals surface area contributed by atoms with Gasteiger partial charge < -0.3 is 0 Å². The summed E-state index contributed by atoms with van der Waals surface area (Å²) in [7, 11) is 0. The van der Waals surface area contributed by atoms with Crippen molar-refractivity contribution < 1.29 is 18.4 Å². The zero-order chi connectivity index (χ0) is 12.4. The Morgan fingerprint density at radius 2 is 1.82 bits per heavy atom. The maximum Gasteiger partial charge on any atom is 0.230 e. The van der Waals surface area contributed by atoms with Crippen LogP contribution in [0.15, 0.2) is 18.2 Å². The van der Waals surface area contributed by atoms with E-state index in [-0.39, 0.29) is 24.7 Å². The second kappa shape index (κ2) is 4.61. The molecule has 17 heavy (non-hydrogen) atoms. The largest absolute Gasteiger partial charge is 0.296 e. The van der Waals surface area contributed by atoms with E-state index in [4.69, 9.17) is 0 Å². The number of hydrogen-bond acceptors (Lipinski definition) is 2. The van der Waals surface area contributed by atoms with Gasteiger partial charge in [-0.05, 0) is 30.5 Å². The molecule has 2 rings (SSSR count). The summed E-state index contributed by atoms with van der Waals surface area (Å²) >= 11 is 0. The predicted octanol–water partition coefficient (Wildman–Crippen LogP) is 1.56. The molecule has 0 spiro atoms. The average Bonchev–Trinajstić information content (AvgIpc) is 2.21. The zero-order valence-corrected chi connectivity index (χ0v) is 9.00. The molecule has 1 aromatic rings. The van der Waals surface area contributed by atoms with E-state index in [0.717, 1.165) is 6.07 Å². The number of hydrogen-bond donors (Lipinski definition) is 1. The van der Waals surface area contributed by atoms with E-state index in [2.05, 4.69) is 5.32 Å². The van der Waals surface area contributed by atoms with Crippen LogP contribution in [0.1, 0.15) is 18.4 Å². The smallest absolute Gasteiger partial charge is 0.230 e. The highest BCUT2D eigenvalue weighted by Gasteiger charge is 2.26. The van der Waals surface area contributed by atoms with Crippen molar-refractivity contribution in [2.75, 3.05) is 0 Å². The lowest BCUT2D eigenvalue weighted by atomic mass is 9.91. The number of amides is 2. The van der Waals surface area contributed by atoms with Crippen molar-refractivity contribution in [2.45, 2.75) is 19.3 Å². The molecule has 5 heteroatoms. The summed E-state index contributed by atoms with van der Waals surface area (Å²) in [5, 5.41) is 2.21. The van der Waals surface area contributed by atoms with Gasteiger partial charge in [-0.1, -0.05) is 0 Å². The quantitative estimate of drug-likeness (QED) is 0.796. The fraction of sp³-hybridized carbons (Fsp3) is 0.333. The highest BCUT2D eigenvalue weighted by molar-refractivity contribution is 5.98. The van der Waals surface area contributed by atoms with Crippen LogP contribution in [0.3, 0.4) is 0 Å². The van der Waals surface area contributed by atoms with E-state index < -0.39 is 17.6 Å². The first kappa shape index (κ1) is 11.7. The van der Waals surface area contributed by atoms with Gasteiger partial charge in [-0.3, -0.25) is 14.9 Å². The van der Waals surface area contributed by atoms with Crippen LogP contribution in [0.2, 0.25) is 0 Å². The fourth-order valence-electron chi connectivity index (χ4n) is 1.95. The first-order valence-corrected chi connectivity index (χ1v) is 5.33.